The molecule has 8 heteroatoms. The van der Waals surface area contributed by atoms with Crippen molar-refractivity contribution < 1.29 is 14.3 Å². The van der Waals surface area contributed by atoms with Crippen molar-refractivity contribution in [1.82, 2.24) is 15.2 Å². The number of anilines is 2. The normalized spacial score (nSPS) is 17.2. The Bertz CT molecular complexity index is 605. The van der Waals surface area contributed by atoms with E-state index < -0.39 is 0 Å². The summed E-state index contributed by atoms with van der Waals surface area (Å²) in [6, 6.07) is 3.28. The van der Waals surface area contributed by atoms with Crippen LogP contribution in [0.15, 0.2) is 12.1 Å². The Kier molecular flexibility index (Phi) is 5.83. The van der Waals surface area contributed by atoms with Crippen molar-refractivity contribution in [2.24, 2.45) is 0 Å². The standard InChI is InChI=1S/C16H25N5O3/c1-11-7-8-13(14(17-11)20(2)3)19-15(22)18-12-6-5-9-21(10-12)16(23)24-4/h7-8,12H,5-6,9-10H2,1-4H3,(H2,18,19,22)/t12-/m1/s1. The zero-order valence-electron chi connectivity index (χ0n) is 14.6. The van der Waals surface area contributed by atoms with E-state index in [9.17, 15) is 9.59 Å². The molecule has 0 bridgehead atoms. The second-order valence-electron chi connectivity index (χ2n) is 6.07. The molecule has 1 aromatic heterocycles. The first-order chi connectivity index (χ1) is 11.4. The van der Waals surface area contributed by atoms with E-state index in [-0.39, 0.29) is 18.2 Å². The predicted molar refractivity (Wildman–Crippen MR) is 92.5 cm³/mol. The van der Waals surface area contributed by atoms with Crippen molar-refractivity contribution in [3.63, 3.8) is 0 Å². The van der Waals surface area contributed by atoms with E-state index in [1.54, 1.807) is 4.90 Å². The van der Waals surface area contributed by atoms with E-state index in [1.807, 2.05) is 38.1 Å². The molecular formula is C16H25N5O3. The summed E-state index contributed by atoms with van der Waals surface area (Å²) in [6.07, 6.45) is 1.29. The lowest BCUT2D eigenvalue weighted by Crippen LogP contribution is -2.50. The second-order valence-corrected chi connectivity index (χ2v) is 6.07. The van der Waals surface area contributed by atoms with Crippen molar-refractivity contribution in [3.8, 4) is 0 Å². The van der Waals surface area contributed by atoms with Gasteiger partial charge in [0.25, 0.3) is 0 Å². The first-order valence-electron chi connectivity index (χ1n) is 7.96. The van der Waals surface area contributed by atoms with Gasteiger partial charge in [0, 0.05) is 38.9 Å². The molecular weight excluding hydrogens is 310 g/mol. The fraction of sp³-hybridized carbons (Fsp3) is 0.562. The lowest BCUT2D eigenvalue weighted by molar-refractivity contribution is 0.108. The lowest BCUT2D eigenvalue weighted by atomic mass is 10.1. The maximum atomic E-state index is 12.3. The highest BCUT2D eigenvalue weighted by Gasteiger charge is 2.25. The molecule has 3 amide bonds. The number of ether oxygens (including phenoxy) is 1. The SMILES string of the molecule is COC(=O)N1CCC[C@@H](NC(=O)Nc2ccc(C)nc2N(C)C)C1. The molecule has 0 aromatic carbocycles. The van der Waals surface area contributed by atoms with E-state index in [0.717, 1.165) is 18.5 Å². The van der Waals surface area contributed by atoms with Crippen LogP contribution < -0.4 is 15.5 Å². The molecule has 2 rings (SSSR count). The molecule has 0 saturated carbocycles. The first kappa shape index (κ1) is 17.8. The first-order valence-corrected chi connectivity index (χ1v) is 7.96. The smallest absolute Gasteiger partial charge is 0.409 e. The Morgan fingerprint density at radius 2 is 2.12 bits per heavy atom. The van der Waals surface area contributed by atoms with Crippen LogP contribution in [0.4, 0.5) is 21.1 Å². The Hall–Kier alpha value is -2.51. The van der Waals surface area contributed by atoms with Gasteiger partial charge < -0.3 is 25.2 Å². The van der Waals surface area contributed by atoms with Gasteiger partial charge in [-0.2, -0.15) is 0 Å². The highest BCUT2D eigenvalue weighted by molar-refractivity contribution is 5.92. The zero-order chi connectivity index (χ0) is 17.7. The maximum Gasteiger partial charge on any atom is 0.409 e. The van der Waals surface area contributed by atoms with Crippen LogP contribution in [0.25, 0.3) is 0 Å². The fourth-order valence-corrected chi connectivity index (χ4v) is 2.72. The molecule has 0 spiro atoms. The van der Waals surface area contributed by atoms with Gasteiger partial charge in [-0.15, -0.1) is 0 Å². The highest BCUT2D eigenvalue weighted by atomic mass is 16.5. The molecule has 132 valence electrons. The molecule has 0 aliphatic carbocycles. The summed E-state index contributed by atoms with van der Waals surface area (Å²) in [5.74, 6) is 0.699. The summed E-state index contributed by atoms with van der Waals surface area (Å²) < 4.78 is 4.74. The number of piperidine rings is 1. The van der Waals surface area contributed by atoms with E-state index in [0.29, 0.717) is 24.6 Å². The van der Waals surface area contributed by atoms with Gasteiger partial charge in [0.1, 0.15) is 0 Å². The van der Waals surface area contributed by atoms with E-state index in [1.165, 1.54) is 7.11 Å². The number of hydrogen-bond donors (Lipinski definition) is 2. The summed E-state index contributed by atoms with van der Waals surface area (Å²) in [4.78, 5) is 31.8. The van der Waals surface area contributed by atoms with Crippen LogP contribution in [-0.2, 0) is 4.74 Å². The summed E-state index contributed by atoms with van der Waals surface area (Å²) >= 11 is 0. The molecule has 1 atom stereocenters. The number of hydrogen-bond acceptors (Lipinski definition) is 5. The number of aromatic nitrogens is 1. The van der Waals surface area contributed by atoms with Crippen molar-refractivity contribution in [2.75, 3.05) is 44.5 Å². The summed E-state index contributed by atoms with van der Waals surface area (Å²) in [5, 5.41) is 5.75. The quantitative estimate of drug-likeness (QED) is 0.880. The molecule has 0 unspecified atom stereocenters. The van der Waals surface area contributed by atoms with Gasteiger partial charge >= 0.3 is 12.1 Å². The van der Waals surface area contributed by atoms with E-state index in [2.05, 4.69) is 15.6 Å². The van der Waals surface area contributed by atoms with E-state index in [4.69, 9.17) is 4.74 Å². The Labute approximate surface area is 142 Å². The lowest BCUT2D eigenvalue weighted by Gasteiger charge is -2.32. The summed E-state index contributed by atoms with van der Waals surface area (Å²) in [6.45, 7) is 3.01. The van der Waals surface area contributed by atoms with Crippen LogP contribution in [0.2, 0.25) is 0 Å². The zero-order valence-corrected chi connectivity index (χ0v) is 14.6. The van der Waals surface area contributed by atoms with Crippen LogP contribution in [0, 0.1) is 6.92 Å². The number of carbonyl (C=O) groups is 2. The van der Waals surface area contributed by atoms with Crippen molar-refractivity contribution >= 4 is 23.6 Å². The molecule has 1 aliphatic rings. The number of aryl methyl sites for hydroxylation is 1. The Morgan fingerprint density at radius 1 is 1.38 bits per heavy atom. The van der Waals surface area contributed by atoms with Crippen LogP contribution in [0.1, 0.15) is 18.5 Å². The molecule has 0 radical (unpaired) electrons. The number of nitrogens with zero attached hydrogens (tertiary/aromatic N) is 3. The fourth-order valence-electron chi connectivity index (χ4n) is 2.72. The van der Waals surface area contributed by atoms with Crippen molar-refractivity contribution in [2.45, 2.75) is 25.8 Å². The second kappa shape index (κ2) is 7.85. The third-order valence-corrected chi connectivity index (χ3v) is 3.88. The highest BCUT2D eigenvalue weighted by Crippen LogP contribution is 2.22. The minimum absolute atomic E-state index is 0.0981. The average molecular weight is 335 g/mol. The predicted octanol–water partition coefficient (Wildman–Crippen LogP) is 1.81. The van der Waals surface area contributed by atoms with Crippen molar-refractivity contribution in [1.29, 1.82) is 0 Å². The van der Waals surface area contributed by atoms with Gasteiger partial charge in [-0.3, -0.25) is 0 Å². The molecule has 24 heavy (non-hydrogen) atoms. The molecule has 2 N–H and O–H groups in total. The average Bonchev–Trinajstić information content (AvgIpc) is 2.55. The molecule has 1 fully saturated rings. The van der Waals surface area contributed by atoms with Gasteiger partial charge in [0.2, 0.25) is 0 Å². The molecule has 2 heterocycles. The monoisotopic (exact) mass is 335 g/mol. The number of pyridine rings is 1. The van der Waals surface area contributed by atoms with Gasteiger partial charge in [-0.05, 0) is 31.9 Å². The van der Waals surface area contributed by atoms with Crippen LogP contribution in [0.5, 0.6) is 0 Å². The number of amides is 3. The number of likely N-dealkylation sites (tertiary alicyclic amines) is 1. The molecule has 1 aliphatic heterocycles. The summed E-state index contributed by atoms with van der Waals surface area (Å²) in [7, 11) is 5.11. The van der Waals surface area contributed by atoms with Gasteiger partial charge in [0.15, 0.2) is 5.82 Å². The molecule has 1 saturated heterocycles. The van der Waals surface area contributed by atoms with Gasteiger partial charge in [0.05, 0.1) is 12.8 Å². The van der Waals surface area contributed by atoms with Gasteiger partial charge in [-0.1, -0.05) is 0 Å². The summed E-state index contributed by atoms with van der Waals surface area (Å²) in [5.41, 5.74) is 1.52. The number of rotatable bonds is 3. The molecule has 1 aromatic rings. The maximum absolute atomic E-state index is 12.3. The largest absolute Gasteiger partial charge is 0.453 e. The third kappa shape index (κ3) is 4.50. The van der Waals surface area contributed by atoms with Crippen LogP contribution in [-0.4, -0.2) is 62.3 Å². The number of carbonyl (C=O) groups excluding carboxylic acids is 2. The minimum atomic E-state index is -0.362. The van der Waals surface area contributed by atoms with Crippen molar-refractivity contribution in [3.05, 3.63) is 17.8 Å². The topological polar surface area (TPSA) is 86.8 Å². The third-order valence-electron chi connectivity index (χ3n) is 3.88. The number of methoxy groups -OCH3 is 1. The Morgan fingerprint density at radius 3 is 2.79 bits per heavy atom. The van der Waals surface area contributed by atoms with Gasteiger partial charge in [-0.25, -0.2) is 14.6 Å². The van der Waals surface area contributed by atoms with E-state index >= 15 is 0 Å². The van der Waals surface area contributed by atoms with Crippen LogP contribution >= 0.6 is 0 Å². The number of nitrogens with one attached hydrogen (secondary N) is 2. The molecule has 8 nitrogen and oxygen atoms in total. The van der Waals surface area contributed by atoms with Crippen LogP contribution in [0.3, 0.4) is 0 Å². The number of urea groups is 1. The Balaban J connectivity index is 1.97. The minimum Gasteiger partial charge on any atom is -0.453 e.